The third-order valence-electron chi connectivity index (χ3n) is 4.37. The van der Waals surface area contributed by atoms with Crippen molar-refractivity contribution in [2.45, 2.75) is 13.1 Å². The van der Waals surface area contributed by atoms with Crippen LogP contribution in [-0.2, 0) is 17.9 Å². The fourth-order valence-electron chi connectivity index (χ4n) is 2.99. The van der Waals surface area contributed by atoms with E-state index in [9.17, 15) is 14.0 Å². The minimum atomic E-state index is -0.392. The number of hydrogen-bond donors (Lipinski definition) is 1. The molecule has 0 saturated heterocycles. The van der Waals surface area contributed by atoms with Crippen LogP contribution in [0.3, 0.4) is 0 Å². The maximum atomic E-state index is 13.8. The topological polar surface area (TPSA) is 77.1 Å². The zero-order valence-corrected chi connectivity index (χ0v) is 14.8. The summed E-state index contributed by atoms with van der Waals surface area (Å²) in [6.45, 7) is 0.174. The highest BCUT2D eigenvalue weighted by molar-refractivity contribution is 5.82. The second-order valence-electron chi connectivity index (χ2n) is 6.26. The van der Waals surface area contributed by atoms with E-state index in [-0.39, 0.29) is 24.4 Å². The van der Waals surface area contributed by atoms with Gasteiger partial charge >= 0.3 is 0 Å². The number of aromatic nitrogens is 2. The van der Waals surface area contributed by atoms with E-state index in [0.29, 0.717) is 27.9 Å². The summed E-state index contributed by atoms with van der Waals surface area (Å²) in [6.07, 6.45) is 1.59. The number of halogens is 1. The molecule has 2 aromatic heterocycles. The molecular formula is C21H16FN3O3. The van der Waals surface area contributed by atoms with E-state index in [1.807, 2.05) is 6.07 Å². The molecule has 28 heavy (non-hydrogen) atoms. The van der Waals surface area contributed by atoms with E-state index in [4.69, 9.17) is 4.52 Å². The van der Waals surface area contributed by atoms with Gasteiger partial charge in [0.25, 0.3) is 0 Å². The van der Waals surface area contributed by atoms with Crippen LogP contribution in [0.5, 0.6) is 0 Å². The molecular weight excluding hydrogens is 361 g/mol. The van der Waals surface area contributed by atoms with Gasteiger partial charge in [-0.25, -0.2) is 4.39 Å². The molecule has 1 amide bonds. The molecule has 0 radical (unpaired) electrons. The number of nitrogens with zero attached hydrogens (tertiary/aromatic N) is 2. The molecule has 0 atom stereocenters. The van der Waals surface area contributed by atoms with E-state index in [1.165, 1.54) is 12.1 Å². The predicted molar refractivity (Wildman–Crippen MR) is 102 cm³/mol. The summed E-state index contributed by atoms with van der Waals surface area (Å²) in [7, 11) is 0. The van der Waals surface area contributed by atoms with Crippen molar-refractivity contribution in [1.29, 1.82) is 0 Å². The molecule has 7 heteroatoms. The van der Waals surface area contributed by atoms with Gasteiger partial charge in [0.15, 0.2) is 11.2 Å². The Bertz CT molecular complexity index is 1210. The number of rotatable bonds is 5. The number of nitrogens with one attached hydrogen (secondary N) is 1. The molecule has 0 aliphatic heterocycles. The average Bonchev–Trinajstić information content (AvgIpc) is 3.18. The van der Waals surface area contributed by atoms with E-state index < -0.39 is 5.82 Å². The van der Waals surface area contributed by atoms with Gasteiger partial charge in [0.2, 0.25) is 5.91 Å². The summed E-state index contributed by atoms with van der Waals surface area (Å²) in [6, 6.07) is 16.4. The Morgan fingerprint density at radius 1 is 1.11 bits per heavy atom. The van der Waals surface area contributed by atoms with Crippen molar-refractivity contribution in [3.8, 4) is 11.3 Å². The molecule has 4 rings (SSSR count). The molecule has 0 fully saturated rings. The van der Waals surface area contributed by atoms with Crippen molar-refractivity contribution in [3.63, 3.8) is 0 Å². The summed E-state index contributed by atoms with van der Waals surface area (Å²) in [5, 5.41) is 7.15. The van der Waals surface area contributed by atoms with Gasteiger partial charge in [-0.15, -0.1) is 0 Å². The van der Waals surface area contributed by atoms with Gasteiger partial charge in [-0.1, -0.05) is 29.4 Å². The lowest BCUT2D eigenvalue weighted by atomic mass is 10.1. The first-order valence-corrected chi connectivity index (χ1v) is 8.67. The van der Waals surface area contributed by atoms with Crippen LogP contribution in [0.2, 0.25) is 0 Å². The van der Waals surface area contributed by atoms with E-state index >= 15 is 0 Å². The highest BCUT2D eigenvalue weighted by Crippen LogP contribution is 2.22. The SMILES string of the molecule is O=C(Cn1ccc(=O)c2ccccc21)NCc1cc(-c2ccccc2F)no1. The van der Waals surface area contributed by atoms with Crippen LogP contribution in [0.15, 0.2) is 76.2 Å². The van der Waals surface area contributed by atoms with Gasteiger partial charge < -0.3 is 14.4 Å². The molecule has 4 aromatic rings. The molecule has 0 aliphatic rings. The Kier molecular flexibility index (Phi) is 4.72. The lowest BCUT2D eigenvalue weighted by molar-refractivity contribution is -0.121. The van der Waals surface area contributed by atoms with Gasteiger partial charge in [-0.3, -0.25) is 9.59 Å². The molecule has 2 aromatic carbocycles. The normalized spacial score (nSPS) is 10.9. The Balaban J connectivity index is 1.44. The molecule has 140 valence electrons. The second-order valence-corrected chi connectivity index (χ2v) is 6.26. The van der Waals surface area contributed by atoms with Gasteiger partial charge in [0.05, 0.1) is 12.1 Å². The maximum Gasteiger partial charge on any atom is 0.240 e. The van der Waals surface area contributed by atoms with Gasteiger partial charge in [0, 0.05) is 29.3 Å². The van der Waals surface area contributed by atoms with Crippen LogP contribution in [0.25, 0.3) is 22.2 Å². The van der Waals surface area contributed by atoms with Crippen molar-refractivity contribution >= 4 is 16.8 Å². The number of pyridine rings is 1. The molecule has 0 aliphatic carbocycles. The first kappa shape index (κ1) is 17.7. The van der Waals surface area contributed by atoms with Crippen LogP contribution >= 0.6 is 0 Å². The third kappa shape index (κ3) is 3.55. The van der Waals surface area contributed by atoms with Gasteiger partial charge in [-0.05, 0) is 24.3 Å². The Hall–Kier alpha value is -3.74. The Morgan fingerprint density at radius 3 is 2.75 bits per heavy atom. The van der Waals surface area contributed by atoms with Crippen molar-refractivity contribution in [1.82, 2.24) is 15.0 Å². The summed E-state index contributed by atoms with van der Waals surface area (Å²) in [5.74, 6) is -0.231. The van der Waals surface area contributed by atoms with Crippen molar-refractivity contribution in [2.24, 2.45) is 0 Å². The number of amides is 1. The highest BCUT2D eigenvalue weighted by Gasteiger charge is 2.12. The zero-order valence-electron chi connectivity index (χ0n) is 14.8. The molecule has 6 nitrogen and oxygen atoms in total. The highest BCUT2D eigenvalue weighted by atomic mass is 19.1. The van der Waals surface area contributed by atoms with E-state index in [0.717, 1.165) is 0 Å². The van der Waals surface area contributed by atoms with E-state index in [1.54, 1.807) is 53.2 Å². The largest absolute Gasteiger partial charge is 0.359 e. The quantitative estimate of drug-likeness (QED) is 0.580. The number of hydrogen-bond acceptors (Lipinski definition) is 4. The number of carbonyl (C=O) groups is 1. The summed E-state index contributed by atoms with van der Waals surface area (Å²) in [4.78, 5) is 24.2. The van der Waals surface area contributed by atoms with Gasteiger partial charge in [0.1, 0.15) is 18.1 Å². The first-order valence-electron chi connectivity index (χ1n) is 8.67. The Morgan fingerprint density at radius 2 is 1.89 bits per heavy atom. The molecule has 1 N–H and O–H groups in total. The standard InChI is InChI=1S/C21H16FN3O3/c22-17-7-3-1-5-15(17)18-11-14(28-24-18)12-23-21(27)13-25-10-9-20(26)16-6-2-4-8-19(16)25/h1-11H,12-13H2,(H,23,27). The van der Waals surface area contributed by atoms with E-state index in [2.05, 4.69) is 10.5 Å². The molecule has 0 spiro atoms. The fraction of sp³-hybridized carbons (Fsp3) is 0.0952. The lowest BCUT2D eigenvalue weighted by Gasteiger charge is -2.10. The molecule has 0 bridgehead atoms. The summed E-state index contributed by atoms with van der Waals surface area (Å²) in [5.41, 5.74) is 1.30. The van der Waals surface area contributed by atoms with Crippen LogP contribution in [0.4, 0.5) is 4.39 Å². The van der Waals surface area contributed by atoms with Crippen LogP contribution in [0, 0.1) is 5.82 Å². The predicted octanol–water partition coefficient (Wildman–Crippen LogP) is 3.11. The smallest absolute Gasteiger partial charge is 0.240 e. The number of carbonyl (C=O) groups excluding carboxylic acids is 1. The van der Waals surface area contributed by atoms with Crippen molar-refractivity contribution in [3.05, 3.63) is 88.7 Å². The third-order valence-corrected chi connectivity index (χ3v) is 4.37. The minimum absolute atomic E-state index is 0.0507. The van der Waals surface area contributed by atoms with Crippen molar-refractivity contribution in [2.75, 3.05) is 0 Å². The second kappa shape index (κ2) is 7.48. The van der Waals surface area contributed by atoms with Crippen molar-refractivity contribution < 1.29 is 13.7 Å². The fourth-order valence-corrected chi connectivity index (χ4v) is 2.99. The monoisotopic (exact) mass is 377 g/mol. The molecule has 0 saturated carbocycles. The zero-order chi connectivity index (χ0) is 19.5. The Labute approximate surface area is 159 Å². The number of para-hydroxylation sites is 1. The average molecular weight is 377 g/mol. The number of fused-ring (bicyclic) bond motifs is 1. The molecule has 2 heterocycles. The van der Waals surface area contributed by atoms with Gasteiger partial charge in [-0.2, -0.15) is 0 Å². The van der Waals surface area contributed by atoms with Crippen LogP contribution < -0.4 is 10.7 Å². The van der Waals surface area contributed by atoms with Crippen LogP contribution in [0.1, 0.15) is 5.76 Å². The minimum Gasteiger partial charge on any atom is -0.359 e. The van der Waals surface area contributed by atoms with Crippen LogP contribution in [-0.4, -0.2) is 15.6 Å². The number of benzene rings is 2. The first-order chi connectivity index (χ1) is 13.6. The molecule has 0 unspecified atom stereocenters. The summed E-state index contributed by atoms with van der Waals surface area (Å²) < 4.78 is 20.7. The summed E-state index contributed by atoms with van der Waals surface area (Å²) >= 11 is 0. The lowest BCUT2D eigenvalue weighted by Crippen LogP contribution is -2.27. The maximum absolute atomic E-state index is 13.8.